The smallest absolute Gasteiger partial charge is 1.00 e. The Labute approximate surface area is 107 Å². The quantitative estimate of drug-likeness (QED) is 0.195. The normalized spacial score (nSPS) is 7.85. The Bertz CT molecular complexity index is 230. The topological polar surface area (TPSA) is 149 Å². The van der Waals surface area contributed by atoms with Crippen LogP contribution in [0.4, 0.5) is 0 Å². The fourth-order valence-corrected chi connectivity index (χ4v) is 0. The van der Waals surface area contributed by atoms with Gasteiger partial charge in [0.15, 0.2) is 0 Å². The van der Waals surface area contributed by atoms with E-state index in [4.69, 9.17) is 37.3 Å². The van der Waals surface area contributed by atoms with Gasteiger partial charge in [-0.25, -0.2) is 9.59 Å². The van der Waals surface area contributed by atoms with Crippen molar-refractivity contribution in [1.29, 1.82) is 0 Å². The van der Waals surface area contributed by atoms with Crippen LogP contribution in [0.5, 0.6) is 0 Å². The molecule has 0 radical (unpaired) electrons. The first-order valence-electron chi connectivity index (χ1n) is 1.80. The van der Waals surface area contributed by atoms with E-state index in [1.807, 2.05) is 0 Å². The molecule has 0 rings (SSSR count). The van der Waals surface area contributed by atoms with Crippen molar-refractivity contribution in [2.75, 3.05) is 0 Å². The summed E-state index contributed by atoms with van der Waals surface area (Å²) in [5, 5.41) is 14.8. The van der Waals surface area contributed by atoms with Crippen LogP contribution in [-0.2, 0) is 37.1 Å². The van der Waals surface area contributed by atoms with Crippen molar-refractivity contribution >= 4 is 22.3 Å². The Kier molecular flexibility index (Phi) is 18.6. The number of rotatable bonds is 0. The van der Waals surface area contributed by atoms with Crippen molar-refractivity contribution in [3.8, 4) is 0 Å². The van der Waals surface area contributed by atoms with Crippen molar-refractivity contribution in [3.63, 3.8) is 0 Å². The number of aliphatic carboxylic acids is 2. The summed E-state index contributed by atoms with van der Waals surface area (Å²) in [5.74, 6) is -3.65. The summed E-state index contributed by atoms with van der Waals surface area (Å²) in [6.07, 6.45) is 0. The van der Waals surface area contributed by atoms with Crippen LogP contribution in [-0.4, -0.2) is 39.7 Å². The van der Waals surface area contributed by atoms with Crippen molar-refractivity contribution in [1.82, 2.24) is 0 Å². The SMILES string of the molecule is O=C(O)C(=O)O.O=S(=O)(O)O.[Fe].[H-].[Na+]. The largest absolute Gasteiger partial charge is 1.00 e. The van der Waals surface area contributed by atoms with Crippen LogP contribution < -0.4 is 29.6 Å². The van der Waals surface area contributed by atoms with Gasteiger partial charge in [-0.15, -0.1) is 0 Å². The third kappa shape index (κ3) is 70.2. The summed E-state index contributed by atoms with van der Waals surface area (Å²) < 4.78 is 31.6. The second-order valence-electron chi connectivity index (χ2n) is 1.06. The van der Waals surface area contributed by atoms with E-state index in [-0.39, 0.29) is 48.1 Å². The van der Waals surface area contributed by atoms with Crippen molar-refractivity contribution in [2.24, 2.45) is 0 Å². The number of carboxylic acid groups (broad SMARTS) is 2. The van der Waals surface area contributed by atoms with Gasteiger partial charge in [-0.3, -0.25) is 9.11 Å². The number of carboxylic acids is 2. The standard InChI is InChI=1S/C2H2O4.Fe.Na.H2O4S.H/c3-1(4)2(5)6;;;1-5(2,3)4;/h(H,3,4)(H,5,6);;;(H2,1,2,3,4);/q;;+1;;-1. The van der Waals surface area contributed by atoms with E-state index >= 15 is 0 Å². The molecule has 0 atom stereocenters. The molecule has 13 heavy (non-hydrogen) atoms. The van der Waals surface area contributed by atoms with E-state index in [0.717, 1.165) is 0 Å². The van der Waals surface area contributed by atoms with Crippen LogP contribution in [0, 0.1) is 0 Å². The van der Waals surface area contributed by atoms with Crippen molar-refractivity contribution in [3.05, 3.63) is 0 Å². The molecule has 0 heterocycles. The third-order valence-electron chi connectivity index (χ3n) is 0.183. The Morgan fingerprint density at radius 1 is 1.00 bits per heavy atom. The zero-order valence-corrected chi connectivity index (χ0v) is 10.1. The molecule has 0 aliphatic rings. The van der Waals surface area contributed by atoms with Crippen LogP contribution >= 0.6 is 0 Å². The average molecular weight is 268 g/mol. The Morgan fingerprint density at radius 3 is 1.08 bits per heavy atom. The summed E-state index contributed by atoms with van der Waals surface area (Å²) in [7, 11) is -4.67. The third-order valence-corrected chi connectivity index (χ3v) is 0.183. The van der Waals surface area contributed by atoms with Crippen molar-refractivity contribution < 1.29 is 85.4 Å². The monoisotopic (exact) mass is 268 g/mol. The molecule has 0 spiro atoms. The molecule has 0 aliphatic heterocycles. The molecule has 0 saturated heterocycles. The van der Waals surface area contributed by atoms with Gasteiger partial charge in [0.2, 0.25) is 0 Å². The predicted molar refractivity (Wildman–Crippen MR) is 30.6 cm³/mol. The molecular formula is C2H5FeNaO8S. The molecule has 8 nitrogen and oxygen atoms in total. The average Bonchev–Trinajstić information content (AvgIpc) is 1.59. The fourth-order valence-electron chi connectivity index (χ4n) is 0. The minimum atomic E-state index is -4.67. The molecular weight excluding hydrogens is 263 g/mol. The minimum Gasteiger partial charge on any atom is -1.00 e. The first kappa shape index (κ1) is 23.3. The molecule has 0 bridgehead atoms. The fraction of sp³-hybridized carbons (Fsp3) is 0. The van der Waals surface area contributed by atoms with Crippen molar-refractivity contribution in [2.45, 2.75) is 0 Å². The molecule has 0 aromatic carbocycles. The van der Waals surface area contributed by atoms with Gasteiger partial charge in [-0.2, -0.15) is 8.42 Å². The zero-order valence-electron chi connectivity index (χ0n) is 7.18. The predicted octanol–water partition coefficient (Wildman–Crippen LogP) is -4.38. The van der Waals surface area contributed by atoms with E-state index in [9.17, 15) is 0 Å². The van der Waals surface area contributed by atoms with E-state index in [1.54, 1.807) is 0 Å². The van der Waals surface area contributed by atoms with E-state index in [0.29, 0.717) is 0 Å². The molecule has 0 aromatic heterocycles. The van der Waals surface area contributed by atoms with Crippen LogP contribution in [0.3, 0.4) is 0 Å². The van der Waals surface area contributed by atoms with Crippen LogP contribution in [0.15, 0.2) is 0 Å². The van der Waals surface area contributed by atoms with Crippen LogP contribution in [0.2, 0.25) is 0 Å². The molecule has 4 N–H and O–H groups in total. The maximum Gasteiger partial charge on any atom is 1.00 e. The van der Waals surface area contributed by atoms with Gasteiger partial charge >= 0.3 is 51.9 Å². The minimum absolute atomic E-state index is 0. The molecule has 11 heteroatoms. The molecule has 0 saturated carbocycles. The summed E-state index contributed by atoms with van der Waals surface area (Å²) in [6, 6.07) is 0. The second kappa shape index (κ2) is 10.4. The maximum absolute atomic E-state index is 9.10. The number of carbonyl (C=O) groups is 2. The summed E-state index contributed by atoms with van der Waals surface area (Å²) in [4.78, 5) is 18.2. The van der Waals surface area contributed by atoms with Gasteiger partial charge in [-0.05, 0) is 0 Å². The summed E-state index contributed by atoms with van der Waals surface area (Å²) in [5.41, 5.74) is 0. The zero-order chi connectivity index (χ0) is 9.65. The van der Waals surface area contributed by atoms with Crippen LogP contribution in [0.1, 0.15) is 1.43 Å². The van der Waals surface area contributed by atoms with Gasteiger partial charge in [0.1, 0.15) is 0 Å². The summed E-state index contributed by atoms with van der Waals surface area (Å²) >= 11 is 0. The van der Waals surface area contributed by atoms with Gasteiger partial charge in [-0.1, -0.05) is 0 Å². The number of hydrogen-bond donors (Lipinski definition) is 4. The van der Waals surface area contributed by atoms with E-state index in [2.05, 4.69) is 0 Å². The number of hydrogen-bond acceptors (Lipinski definition) is 4. The Hall–Kier alpha value is 0.329. The maximum atomic E-state index is 9.10. The molecule has 0 aromatic rings. The van der Waals surface area contributed by atoms with E-state index in [1.165, 1.54) is 0 Å². The molecule has 0 fully saturated rings. The van der Waals surface area contributed by atoms with Gasteiger partial charge in [0, 0.05) is 17.1 Å². The Balaban J connectivity index is -0.0000000321. The van der Waals surface area contributed by atoms with Gasteiger partial charge in [0.25, 0.3) is 0 Å². The molecule has 0 aliphatic carbocycles. The Morgan fingerprint density at radius 2 is 1.08 bits per heavy atom. The first-order valence-corrected chi connectivity index (χ1v) is 3.20. The van der Waals surface area contributed by atoms with Gasteiger partial charge in [0.05, 0.1) is 0 Å². The van der Waals surface area contributed by atoms with E-state index < -0.39 is 22.3 Å². The summed E-state index contributed by atoms with van der Waals surface area (Å²) in [6.45, 7) is 0. The molecule has 76 valence electrons. The second-order valence-corrected chi connectivity index (χ2v) is 1.95. The van der Waals surface area contributed by atoms with Gasteiger partial charge < -0.3 is 11.6 Å². The first-order chi connectivity index (χ1) is 4.64. The van der Waals surface area contributed by atoms with Crippen LogP contribution in [0.25, 0.3) is 0 Å². The molecule has 0 unspecified atom stereocenters. The molecule has 0 amide bonds.